The molecule has 0 radical (unpaired) electrons. The Labute approximate surface area is 204 Å². The summed E-state index contributed by atoms with van der Waals surface area (Å²) in [7, 11) is 2.24. The molecule has 0 bridgehead atoms. The normalized spacial score (nSPS) is 22.4. The maximum Gasteiger partial charge on any atom is 0.264 e. The molecule has 4 nitrogen and oxygen atoms in total. The molecule has 180 valence electrons. The summed E-state index contributed by atoms with van der Waals surface area (Å²) >= 11 is 1.66. The first-order chi connectivity index (χ1) is 16.1. The van der Waals surface area contributed by atoms with E-state index in [2.05, 4.69) is 54.1 Å². The summed E-state index contributed by atoms with van der Waals surface area (Å²) in [5, 5.41) is 0. The molecule has 0 saturated carbocycles. The number of nitrogens with zero attached hydrogens (tertiary/aromatic N) is 3. The fourth-order valence-electron chi connectivity index (χ4n) is 5.63. The van der Waals surface area contributed by atoms with Crippen LogP contribution in [-0.2, 0) is 0 Å². The van der Waals surface area contributed by atoms with Gasteiger partial charge in [0.05, 0.1) is 4.88 Å². The van der Waals surface area contributed by atoms with E-state index < -0.39 is 0 Å². The number of rotatable bonds is 4. The predicted octanol–water partition coefficient (Wildman–Crippen LogP) is 5.87. The average molecular weight is 468 g/mol. The van der Waals surface area contributed by atoms with Gasteiger partial charge in [0.15, 0.2) is 0 Å². The van der Waals surface area contributed by atoms with Gasteiger partial charge >= 0.3 is 0 Å². The van der Waals surface area contributed by atoms with Gasteiger partial charge in [0.2, 0.25) is 0 Å². The van der Waals surface area contributed by atoms with Crippen LogP contribution < -0.4 is 0 Å². The highest BCUT2D eigenvalue weighted by atomic mass is 32.1. The van der Waals surface area contributed by atoms with E-state index in [1.54, 1.807) is 11.3 Å². The molecule has 0 aliphatic carbocycles. The number of piperidine rings is 1. The van der Waals surface area contributed by atoms with Crippen LogP contribution in [-0.4, -0.2) is 73.0 Å². The lowest BCUT2D eigenvalue weighted by Crippen LogP contribution is -2.42. The Morgan fingerprint density at radius 2 is 1.61 bits per heavy atom. The number of benzene rings is 1. The van der Waals surface area contributed by atoms with Gasteiger partial charge in [-0.1, -0.05) is 38.1 Å². The van der Waals surface area contributed by atoms with Crippen LogP contribution in [0.2, 0.25) is 0 Å². The van der Waals surface area contributed by atoms with E-state index in [-0.39, 0.29) is 5.91 Å². The van der Waals surface area contributed by atoms with Crippen molar-refractivity contribution >= 4 is 17.2 Å². The van der Waals surface area contributed by atoms with Gasteiger partial charge in [-0.15, -0.1) is 11.3 Å². The Kier molecular flexibility index (Phi) is 8.26. The molecule has 1 unspecified atom stereocenters. The van der Waals surface area contributed by atoms with Gasteiger partial charge in [-0.05, 0) is 94.4 Å². The van der Waals surface area contributed by atoms with Crippen molar-refractivity contribution in [3.05, 3.63) is 46.3 Å². The zero-order valence-corrected chi connectivity index (χ0v) is 21.8. The first kappa shape index (κ1) is 24.4. The monoisotopic (exact) mass is 467 g/mol. The second kappa shape index (κ2) is 11.2. The molecule has 0 spiro atoms. The van der Waals surface area contributed by atoms with Crippen LogP contribution >= 0.6 is 11.3 Å². The predicted molar refractivity (Wildman–Crippen MR) is 140 cm³/mol. The van der Waals surface area contributed by atoms with Crippen molar-refractivity contribution in [1.29, 1.82) is 0 Å². The van der Waals surface area contributed by atoms with E-state index in [1.165, 1.54) is 61.4 Å². The SMILES string of the molecule is CC.Cc1cc(-c2ccc(C3CCN(C4CCN(C)C4)CC3)cc2)sc1C(=O)N1CCCC1. The summed E-state index contributed by atoms with van der Waals surface area (Å²) in [4.78, 5) is 22.2. The Morgan fingerprint density at radius 3 is 2.21 bits per heavy atom. The van der Waals surface area contributed by atoms with E-state index in [1.807, 2.05) is 18.7 Å². The van der Waals surface area contributed by atoms with E-state index in [9.17, 15) is 4.79 Å². The lowest BCUT2D eigenvalue weighted by Gasteiger charge is -2.36. The Balaban J connectivity index is 0.00000126. The molecule has 0 N–H and O–H groups in total. The third-order valence-electron chi connectivity index (χ3n) is 7.58. The zero-order valence-electron chi connectivity index (χ0n) is 21.0. The molecule has 33 heavy (non-hydrogen) atoms. The van der Waals surface area contributed by atoms with E-state index in [0.717, 1.165) is 42.4 Å². The van der Waals surface area contributed by atoms with Crippen molar-refractivity contribution in [2.24, 2.45) is 0 Å². The van der Waals surface area contributed by atoms with Crippen LogP contribution in [0.15, 0.2) is 30.3 Å². The minimum atomic E-state index is 0.225. The maximum absolute atomic E-state index is 12.8. The average Bonchev–Trinajstić information content (AvgIpc) is 3.62. The van der Waals surface area contributed by atoms with Crippen molar-refractivity contribution in [3.63, 3.8) is 0 Å². The molecule has 3 aliphatic rings. The van der Waals surface area contributed by atoms with Crippen LogP contribution in [0.25, 0.3) is 10.4 Å². The zero-order chi connectivity index (χ0) is 23.4. The number of hydrogen-bond acceptors (Lipinski definition) is 4. The van der Waals surface area contributed by atoms with Gasteiger partial charge in [-0.25, -0.2) is 0 Å². The lowest BCUT2D eigenvalue weighted by molar-refractivity contribution is 0.0797. The minimum Gasteiger partial charge on any atom is -0.338 e. The molecule has 3 aliphatic heterocycles. The third kappa shape index (κ3) is 5.52. The van der Waals surface area contributed by atoms with Gasteiger partial charge < -0.3 is 9.80 Å². The van der Waals surface area contributed by atoms with Gasteiger partial charge in [0.25, 0.3) is 5.91 Å². The molecule has 3 fully saturated rings. The summed E-state index contributed by atoms with van der Waals surface area (Å²) in [6.45, 7) is 12.9. The van der Waals surface area contributed by atoms with Crippen LogP contribution in [0, 0.1) is 6.92 Å². The fraction of sp³-hybridized carbons (Fsp3) is 0.607. The van der Waals surface area contributed by atoms with Crippen molar-refractivity contribution in [1.82, 2.24) is 14.7 Å². The molecule has 1 amide bonds. The quantitative estimate of drug-likeness (QED) is 0.563. The number of likely N-dealkylation sites (N-methyl/N-ethyl adjacent to an activating group) is 1. The number of thiophene rings is 1. The summed E-state index contributed by atoms with van der Waals surface area (Å²) in [5.41, 5.74) is 3.84. The van der Waals surface area contributed by atoms with Crippen LogP contribution in [0.3, 0.4) is 0 Å². The number of amides is 1. The summed E-state index contributed by atoms with van der Waals surface area (Å²) < 4.78 is 0. The standard InChI is InChI=1S/C26H35N3OS.C2H6/c1-19-17-24(31-25(19)26(30)29-12-3-4-13-29)22-7-5-20(6-8-22)21-9-15-28(16-10-21)23-11-14-27(2)18-23;1-2/h5-8,17,21,23H,3-4,9-16,18H2,1-2H3;1-2H3. The van der Waals surface area contributed by atoms with Crippen molar-refractivity contribution in [3.8, 4) is 10.4 Å². The minimum absolute atomic E-state index is 0.225. The fourth-order valence-corrected chi connectivity index (χ4v) is 6.77. The first-order valence-corrected chi connectivity index (χ1v) is 13.8. The topological polar surface area (TPSA) is 26.8 Å². The number of carbonyl (C=O) groups is 1. The Morgan fingerprint density at radius 1 is 0.939 bits per heavy atom. The van der Waals surface area contributed by atoms with Gasteiger partial charge in [0.1, 0.15) is 0 Å². The van der Waals surface area contributed by atoms with Crippen LogP contribution in [0.4, 0.5) is 0 Å². The smallest absolute Gasteiger partial charge is 0.264 e. The second-order valence-electron chi connectivity index (χ2n) is 9.76. The number of hydrogen-bond donors (Lipinski definition) is 0. The highest BCUT2D eigenvalue weighted by molar-refractivity contribution is 7.17. The van der Waals surface area contributed by atoms with Crippen LogP contribution in [0.1, 0.15) is 72.7 Å². The van der Waals surface area contributed by atoms with Crippen LogP contribution in [0.5, 0.6) is 0 Å². The summed E-state index contributed by atoms with van der Waals surface area (Å²) in [6.07, 6.45) is 6.15. The van der Waals surface area contributed by atoms with Gasteiger partial charge in [-0.3, -0.25) is 9.69 Å². The van der Waals surface area contributed by atoms with Crippen molar-refractivity contribution in [2.75, 3.05) is 46.3 Å². The molecule has 3 saturated heterocycles. The number of likely N-dealkylation sites (tertiary alicyclic amines) is 3. The van der Waals surface area contributed by atoms with E-state index >= 15 is 0 Å². The Hall–Kier alpha value is -1.69. The highest BCUT2D eigenvalue weighted by Gasteiger charge is 2.29. The van der Waals surface area contributed by atoms with Gasteiger partial charge in [-0.2, -0.15) is 0 Å². The largest absolute Gasteiger partial charge is 0.338 e. The summed E-state index contributed by atoms with van der Waals surface area (Å²) in [5.74, 6) is 0.907. The van der Waals surface area contributed by atoms with E-state index in [4.69, 9.17) is 0 Å². The van der Waals surface area contributed by atoms with Crippen molar-refractivity contribution in [2.45, 2.75) is 64.8 Å². The molecule has 5 rings (SSSR count). The lowest BCUT2D eigenvalue weighted by atomic mass is 9.88. The molecule has 1 aromatic heterocycles. The first-order valence-electron chi connectivity index (χ1n) is 13.0. The molecule has 4 heterocycles. The molecule has 1 atom stereocenters. The molecule has 2 aromatic rings. The maximum atomic E-state index is 12.8. The molecular formula is C28H41N3OS. The molecule has 1 aromatic carbocycles. The summed E-state index contributed by atoms with van der Waals surface area (Å²) in [6, 6.07) is 12.2. The number of carbonyl (C=O) groups excluding carboxylic acids is 1. The van der Waals surface area contributed by atoms with E-state index in [0.29, 0.717) is 5.92 Å². The Bertz CT molecular complexity index is 908. The third-order valence-corrected chi connectivity index (χ3v) is 8.86. The molecular weight excluding hydrogens is 426 g/mol. The second-order valence-corrected chi connectivity index (χ2v) is 10.8. The van der Waals surface area contributed by atoms with Crippen molar-refractivity contribution < 1.29 is 4.79 Å². The highest BCUT2D eigenvalue weighted by Crippen LogP contribution is 2.35. The number of aryl methyl sites for hydroxylation is 1. The van der Waals surface area contributed by atoms with Gasteiger partial charge in [0, 0.05) is 30.6 Å². The molecule has 5 heteroatoms.